The molecule has 0 bridgehead atoms. The van der Waals surface area contributed by atoms with Gasteiger partial charge in [-0.15, -0.1) is 22.7 Å². The Hall–Kier alpha value is -1.91. The van der Waals surface area contributed by atoms with Crippen LogP contribution in [0.15, 0.2) is 42.5 Å². The molecular weight excluding hydrogens is 310 g/mol. The number of thiophene rings is 2. The van der Waals surface area contributed by atoms with E-state index >= 15 is 0 Å². The Kier molecular flexibility index (Phi) is 4.14. The molecule has 2 aromatic heterocycles. The monoisotopic (exact) mass is 327 g/mol. The first-order valence-electron chi connectivity index (χ1n) is 7.07. The van der Waals surface area contributed by atoms with Gasteiger partial charge in [0.2, 0.25) is 5.91 Å². The lowest BCUT2D eigenvalue weighted by atomic mass is 10.1. The third-order valence-corrected chi connectivity index (χ3v) is 5.40. The van der Waals surface area contributed by atoms with Crippen LogP contribution in [0.3, 0.4) is 0 Å². The topological polar surface area (TPSA) is 29.1 Å². The molecule has 3 aromatic rings. The van der Waals surface area contributed by atoms with Crippen molar-refractivity contribution in [1.29, 1.82) is 0 Å². The van der Waals surface area contributed by atoms with Crippen molar-refractivity contribution in [3.05, 3.63) is 52.2 Å². The van der Waals surface area contributed by atoms with Gasteiger partial charge < -0.3 is 5.32 Å². The number of amides is 1. The Labute approximate surface area is 138 Å². The van der Waals surface area contributed by atoms with Crippen molar-refractivity contribution >= 4 is 34.3 Å². The van der Waals surface area contributed by atoms with E-state index in [0.29, 0.717) is 0 Å². The summed E-state index contributed by atoms with van der Waals surface area (Å²) < 4.78 is 0. The van der Waals surface area contributed by atoms with Gasteiger partial charge in [-0.2, -0.15) is 0 Å². The zero-order chi connectivity index (χ0) is 15.7. The Bertz CT molecular complexity index is 771. The van der Waals surface area contributed by atoms with E-state index in [4.69, 9.17) is 0 Å². The average Bonchev–Trinajstić information content (AvgIpc) is 3.06. The highest BCUT2D eigenvalue weighted by Crippen LogP contribution is 2.36. The van der Waals surface area contributed by atoms with Gasteiger partial charge in [-0.3, -0.25) is 4.79 Å². The molecule has 1 N–H and O–H groups in total. The van der Waals surface area contributed by atoms with E-state index in [9.17, 15) is 4.79 Å². The van der Waals surface area contributed by atoms with Crippen molar-refractivity contribution in [2.75, 3.05) is 5.32 Å². The van der Waals surface area contributed by atoms with Gasteiger partial charge in [-0.25, -0.2) is 0 Å². The molecule has 0 aliphatic rings. The number of benzene rings is 1. The van der Waals surface area contributed by atoms with Gasteiger partial charge in [0.25, 0.3) is 0 Å². The normalized spacial score (nSPS) is 10.7. The van der Waals surface area contributed by atoms with Gasteiger partial charge in [0, 0.05) is 32.1 Å². The summed E-state index contributed by atoms with van der Waals surface area (Å²) in [6.07, 6.45) is 0. The third kappa shape index (κ3) is 3.29. The van der Waals surface area contributed by atoms with Crippen LogP contribution in [0.25, 0.3) is 20.9 Å². The maximum absolute atomic E-state index is 11.4. The predicted octanol–water partition coefficient (Wildman–Crippen LogP) is 5.72. The number of carbonyl (C=O) groups excluding carboxylic acids is 1. The number of carbonyl (C=O) groups is 1. The Balaban J connectivity index is 2.11. The zero-order valence-corrected chi connectivity index (χ0v) is 14.4. The highest BCUT2D eigenvalue weighted by atomic mass is 32.1. The van der Waals surface area contributed by atoms with Crippen molar-refractivity contribution in [2.45, 2.75) is 20.8 Å². The standard InChI is InChI=1S/C18H17NOS2/c1-11-4-6-17(21-11)14-8-15(18-7-5-12(2)22-18)10-16(9-14)19-13(3)20/h4-10H,1-3H3,(H,19,20). The highest BCUT2D eigenvalue weighted by Gasteiger charge is 2.09. The minimum absolute atomic E-state index is 0.0483. The quantitative estimate of drug-likeness (QED) is 0.655. The summed E-state index contributed by atoms with van der Waals surface area (Å²) in [6.45, 7) is 5.75. The number of hydrogen-bond acceptors (Lipinski definition) is 3. The minimum Gasteiger partial charge on any atom is -0.326 e. The second kappa shape index (κ2) is 6.07. The fourth-order valence-electron chi connectivity index (χ4n) is 2.37. The molecule has 2 heterocycles. The summed E-state index contributed by atoms with van der Waals surface area (Å²) in [7, 11) is 0. The fraction of sp³-hybridized carbons (Fsp3) is 0.167. The van der Waals surface area contributed by atoms with E-state index in [1.807, 2.05) is 12.1 Å². The van der Waals surface area contributed by atoms with Crippen molar-refractivity contribution in [2.24, 2.45) is 0 Å². The number of nitrogens with one attached hydrogen (secondary N) is 1. The molecule has 0 spiro atoms. The first kappa shape index (κ1) is 15.0. The summed E-state index contributed by atoms with van der Waals surface area (Å²) in [5.74, 6) is -0.0483. The van der Waals surface area contributed by atoms with Crippen LogP contribution in [0.4, 0.5) is 5.69 Å². The summed E-state index contributed by atoms with van der Waals surface area (Å²) in [5, 5.41) is 2.91. The van der Waals surface area contributed by atoms with Crippen LogP contribution in [0, 0.1) is 13.8 Å². The predicted molar refractivity (Wildman–Crippen MR) is 96.8 cm³/mol. The molecule has 3 rings (SSSR count). The van der Waals surface area contributed by atoms with Crippen LogP contribution in [-0.4, -0.2) is 5.91 Å². The van der Waals surface area contributed by atoms with E-state index < -0.39 is 0 Å². The summed E-state index contributed by atoms with van der Waals surface area (Å²) in [6, 6.07) is 14.8. The molecule has 0 aliphatic heterocycles. The van der Waals surface area contributed by atoms with Gasteiger partial charge in [-0.05, 0) is 67.4 Å². The Morgan fingerprint density at radius 1 is 0.864 bits per heavy atom. The van der Waals surface area contributed by atoms with E-state index in [2.05, 4.69) is 49.5 Å². The maximum Gasteiger partial charge on any atom is 0.221 e. The van der Waals surface area contributed by atoms with Crippen LogP contribution in [0.1, 0.15) is 16.7 Å². The van der Waals surface area contributed by atoms with Gasteiger partial charge in [0.15, 0.2) is 0 Å². The lowest BCUT2D eigenvalue weighted by Gasteiger charge is -2.08. The molecule has 1 aromatic carbocycles. The SMILES string of the molecule is CC(=O)Nc1cc(-c2ccc(C)s2)cc(-c2ccc(C)s2)c1. The minimum atomic E-state index is -0.0483. The Morgan fingerprint density at radius 3 is 1.73 bits per heavy atom. The summed E-state index contributed by atoms with van der Waals surface area (Å²) >= 11 is 3.54. The van der Waals surface area contributed by atoms with Gasteiger partial charge in [0.1, 0.15) is 0 Å². The Morgan fingerprint density at radius 2 is 1.36 bits per heavy atom. The highest BCUT2D eigenvalue weighted by molar-refractivity contribution is 7.15. The lowest BCUT2D eigenvalue weighted by molar-refractivity contribution is -0.114. The van der Waals surface area contributed by atoms with Gasteiger partial charge >= 0.3 is 0 Å². The molecule has 0 saturated carbocycles. The van der Waals surface area contributed by atoms with E-state index in [1.54, 1.807) is 22.7 Å². The van der Waals surface area contributed by atoms with Crippen LogP contribution >= 0.6 is 22.7 Å². The number of anilines is 1. The maximum atomic E-state index is 11.4. The van der Waals surface area contributed by atoms with Crippen molar-refractivity contribution in [3.63, 3.8) is 0 Å². The largest absolute Gasteiger partial charge is 0.326 e. The third-order valence-electron chi connectivity index (χ3n) is 3.30. The first-order valence-corrected chi connectivity index (χ1v) is 8.71. The average molecular weight is 327 g/mol. The lowest BCUT2D eigenvalue weighted by Crippen LogP contribution is -2.05. The van der Waals surface area contributed by atoms with E-state index in [1.165, 1.54) is 26.4 Å². The summed E-state index contributed by atoms with van der Waals surface area (Å²) in [4.78, 5) is 16.4. The molecule has 0 aliphatic carbocycles. The van der Waals surface area contributed by atoms with Gasteiger partial charge in [-0.1, -0.05) is 0 Å². The molecule has 1 amide bonds. The number of hydrogen-bond donors (Lipinski definition) is 1. The number of rotatable bonds is 3. The molecule has 0 atom stereocenters. The van der Waals surface area contributed by atoms with Crippen LogP contribution in [0.5, 0.6) is 0 Å². The molecule has 0 radical (unpaired) electrons. The van der Waals surface area contributed by atoms with Crippen molar-refractivity contribution in [3.8, 4) is 20.9 Å². The van der Waals surface area contributed by atoms with Gasteiger partial charge in [0.05, 0.1) is 0 Å². The molecule has 0 fully saturated rings. The van der Waals surface area contributed by atoms with E-state index in [0.717, 1.165) is 16.8 Å². The van der Waals surface area contributed by atoms with E-state index in [-0.39, 0.29) is 5.91 Å². The second-order valence-corrected chi connectivity index (χ2v) is 7.88. The molecule has 2 nitrogen and oxygen atoms in total. The molecule has 4 heteroatoms. The van der Waals surface area contributed by atoms with Crippen LogP contribution in [-0.2, 0) is 4.79 Å². The smallest absolute Gasteiger partial charge is 0.221 e. The molecule has 0 unspecified atom stereocenters. The zero-order valence-electron chi connectivity index (χ0n) is 12.8. The molecule has 22 heavy (non-hydrogen) atoms. The molecule has 0 saturated heterocycles. The van der Waals surface area contributed by atoms with Crippen molar-refractivity contribution in [1.82, 2.24) is 0 Å². The second-order valence-electron chi connectivity index (χ2n) is 5.30. The fourth-order valence-corrected chi connectivity index (χ4v) is 4.08. The molecular formula is C18H17NOS2. The van der Waals surface area contributed by atoms with Crippen LogP contribution < -0.4 is 5.32 Å². The summed E-state index contributed by atoms with van der Waals surface area (Å²) in [5.41, 5.74) is 3.13. The van der Waals surface area contributed by atoms with Crippen LogP contribution in [0.2, 0.25) is 0 Å². The number of aryl methyl sites for hydroxylation is 2. The first-order chi connectivity index (χ1) is 10.5. The van der Waals surface area contributed by atoms with Crippen molar-refractivity contribution < 1.29 is 4.79 Å². The molecule has 112 valence electrons.